The summed E-state index contributed by atoms with van der Waals surface area (Å²) in [6.07, 6.45) is 4.11. The highest BCUT2D eigenvalue weighted by Gasteiger charge is 2.75. The van der Waals surface area contributed by atoms with E-state index in [1.54, 1.807) is 0 Å². The van der Waals surface area contributed by atoms with Crippen LogP contribution in [-0.4, -0.2) is 23.6 Å². The SMILES string of the molecule is O=C1C2C3C=CC(C2C(=O)N1c1cccc2ccccc12)C1C2C(=O)N(c4cccc5ccccc45)C(=O)C2C31. The summed E-state index contributed by atoms with van der Waals surface area (Å²) < 4.78 is 0. The number of carbonyl (C=O) groups is 4. The van der Waals surface area contributed by atoms with Gasteiger partial charge in [0.15, 0.2) is 0 Å². The van der Waals surface area contributed by atoms with Gasteiger partial charge in [-0.1, -0.05) is 84.9 Å². The van der Waals surface area contributed by atoms with Crippen LogP contribution in [0.5, 0.6) is 0 Å². The first-order chi connectivity index (χ1) is 19.6. The van der Waals surface area contributed by atoms with Crippen LogP contribution in [-0.2, 0) is 19.2 Å². The lowest BCUT2D eigenvalue weighted by Crippen LogP contribution is -2.63. The molecule has 2 bridgehead atoms. The van der Waals surface area contributed by atoms with Crippen LogP contribution in [0, 0.1) is 47.3 Å². The smallest absolute Gasteiger partial charge is 0.238 e. The minimum atomic E-state index is -0.502. The van der Waals surface area contributed by atoms with Crippen molar-refractivity contribution in [1.82, 2.24) is 0 Å². The average Bonchev–Trinajstić information content (AvgIpc) is 3.36. The molecule has 6 aliphatic rings. The molecule has 0 N–H and O–H groups in total. The van der Waals surface area contributed by atoms with Crippen LogP contribution in [0.15, 0.2) is 97.1 Å². The first kappa shape index (κ1) is 22.3. The van der Waals surface area contributed by atoms with Gasteiger partial charge in [-0.15, -0.1) is 0 Å². The number of hydrogen-bond donors (Lipinski definition) is 0. The van der Waals surface area contributed by atoms with E-state index in [1.165, 1.54) is 9.80 Å². The first-order valence-corrected chi connectivity index (χ1v) is 14.0. The Morgan fingerprint density at radius 3 is 1.25 bits per heavy atom. The first-order valence-electron chi connectivity index (χ1n) is 14.0. The van der Waals surface area contributed by atoms with E-state index in [4.69, 9.17) is 0 Å². The van der Waals surface area contributed by atoms with E-state index in [2.05, 4.69) is 12.2 Å². The van der Waals surface area contributed by atoms with Crippen molar-refractivity contribution >= 4 is 56.5 Å². The van der Waals surface area contributed by atoms with Crippen LogP contribution in [0.1, 0.15) is 0 Å². The minimum Gasteiger partial charge on any atom is -0.274 e. The maximum absolute atomic E-state index is 14.0. The Morgan fingerprint density at radius 1 is 0.425 bits per heavy atom. The number of rotatable bonds is 2. The summed E-state index contributed by atoms with van der Waals surface area (Å²) in [6.45, 7) is 0. The highest BCUT2D eigenvalue weighted by Crippen LogP contribution is 2.68. The predicted molar refractivity (Wildman–Crippen MR) is 150 cm³/mol. The number of anilines is 2. The van der Waals surface area contributed by atoms with Gasteiger partial charge in [-0.05, 0) is 46.6 Å². The maximum Gasteiger partial charge on any atom is 0.238 e. The lowest BCUT2D eigenvalue weighted by Gasteiger charge is -2.60. The Balaban J connectivity index is 1.11. The van der Waals surface area contributed by atoms with E-state index in [9.17, 15) is 19.2 Å². The lowest BCUT2D eigenvalue weighted by molar-refractivity contribution is -0.166. The molecule has 8 unspecified atom stereocenters. The number of amides is 4. The van der Waals surface area contributed by atoms with Crippen LogP contribution in [0.3, 0.4) is 0 Å². The number of allylic oxidation sites excluding steroid dienone is 2. The number of benzene rings is 4. The van der Waals surface area contributed by atoms with Gasteiger partial charge < -0.3 is 0 Å². The molecule has 10 rings (SSSR count). The number of fused-ring (bicyclic) bond motifs is 3. The molecule has 4 amide bonds. The fourth-order valence-corrected chi connectivity index (χ4v) is 8.88. The molecule has 194 valence electrons. The summed E-state index contributed by atoms with van der Waals surface area (Å²) in [4.78, 5) is 58.7. The molecule has 4 fully saturated rings. The second-order valence-corrected chi connectivity index (χ2v) is 11.8. The van der Waals surface area contributed by atoms with E-state index < -0.39 is 23.7 Å². The monoisotopic (exact) mass is 524 g/mol. The summed E-state index contributed by atoms with van der Waals surface area (Å²) in [7, 11) is 0. The molecule has 2 saturated carbocycles. The molecule has 2 aliphatic heterocycles. The van der Waals surface area contributed by atoms with E-state index >= 15 is 0 Å². The summed E-state index contributed by atoms with van der Waals surface area (Å²) >= 11 is 0. The summed E-state index contributed by atoms with van der Waals surface area (Å²) in [5.74, 6) is -3.32. The Labute approximate surface area is 229 Å². The molecule has 6 heteroatoms. The number of nitrogens with zero attached hydrogens (tertiary/aromatic N) is 2. The van der Waals surface area contributed by atoms with E-state index in [1.807, 2.05) is 84.9 Å². The third-order valence-corrected chi connectivity index (χ3v) is 10.4. The summed E-state index contributed by atoms with van der Waals surface area (Å²) in [5, 5.41) is 3.67. The molecule has 4 aromatic rings. The molecule has 4 aromatic carbocycles. The molecule has 40 heavy (non-hydrogen) atoms. The molecular formula is C34H24N2O4. The fourth-order valence-electron chi connectivity index (χ4n) is 8.88. The minimum absolute atomic E-state index is 0.109. The van der Waals surface area contributed by atoms with Crippen molar-refractivity contribution < 1.29 is 19.2 Å². The zero-order chi connectivity index (χ0) is 26.9. The van der Waals surface area contributed by atoms with Crippen LogP contribution in [0.4, 0.5) is 11.4 Å². The van der Waals surface area contributed by atoms with Gasteiger partial charge >= 0.3 is 0 Å². The van der Waals surface area contributed by atoms with Crippen molar-refractivity contribution in [2.24, 2.45) is 47.3 Å². The number of imide groups is 2. The van der Waals surface area contributed by atoms with Crippen molar-refractivity contribution in [1.29, 1.82) is 0 Å². The number of carbonyl (C=O) groups excluding carboxylic acids is 4. The largest absolute Gasteiger partial charge is 0.274 e. The van der Waals surface area contributed by atoms with E-state index in [0.29, 0.717) is 11.4 Å². The topological polar surface area (TPSA) is 74.8 Å². The van der Waals surface area contributed by atoms with Crippen molar-refractivity contribution in [3.8, 4) is 0 Å². The molecule has 4 aliphatic carbocycles. The van der Waals surface area contributed by atoms with Crippen LogP contribution < -0.4 is 9.80 Å². The second-order valence-electron chi connectivity index (χ2n) is 11.8. The maximum atomic E-state index is 14.0. The summed E-state index contributed by atoms with van der Waals surface area (Å²) in [6, 6.07) is 26.9. The third-order valence-electron chi connectivity index (χ3n) is 10.4. The highest BCUT2D eigenvalue weighted by molar-refractivity contribution is 6.27. The van der Waals surface area contributed by atoms with Crippen LogP contribution in [0.2, 0.25) is 0 Å². The van der Waals surface area contributed by atoms with Crippen molar-refractivity contribution in [2.75, 3.05) is 9.80 Å². The van der Waals surface area contributed by atoms with Gasteiger partial charge in [0, 0.05) is 10.8 Å². The highest BCUT2D eigenvalue weighted by atomic mass is 16.2. The number of hydrogen-bond acceptors (Lipinski definition) is 4. The Bertz CT molecular complexity index is 1810. The molecule has 2 heterocycles. The van der Waals surface area contributed by atoms with Crippen molar-refractivity contribution in [2.45, 2.75) is 0 Å². The molecule has 0 aromatic heterocycles. The normalized spacial score (nSPS) is 33.5. The molecule has 8 atom stereocenters. The molecule has 6 nitrogen and oxygen atoms in total. The van der Waals surface area contributed by atoms with Crippen molar-refractivity contribution in [3.63, 3.8) is 0 Å². The lowest BCUT2D eigenvalue weighted by atomic mass is 9.40. The molecule has 2 saturated heterocycles. The van der Waals surface area contributed by atoms with Gasteiger partial charge in [0.05, 0.1) is 35.0 Å². The van der Waals surface area contributed by atoms with Crippen LogP contribution >= 0.6 is 0 Å². The average molecular weight is 525 g/mol. The van der Waals surface area contributed by atoms with Crippen molar-refractivity contribution in [3.05, 3.63) is 97.1 Å². The fraction of sp³-hybridized carbons (Fsp3) is 0.235. The second kappa shape index (κ2) is 7.54. The van der Waals surface area contributed by atoms with Gasteiger partial charge in [-0.3, -0.25) is 19.2 Å². The predicted octanol–water partition coefficient (Wildman–Crippen LogP) is 4.97. The Hall–Kier alpha value is -4.58. The van der Waals surface area contributed by atoms with Gasteiger partial charge in [0.1, 0.15) is 0 Å². The standard InChI is InChI=1S/C34H24N2O4/c37-31-27-21-15-16-22(28(27)32(38)35(31)23-13-5-9-17-7-1-3-11-19(17)23)26-25(21)29-30(26)34(40)36(33(29)39)24-14-6-10-18-8-2-4-12-20(18)24/h1-16,21-22,25-30H. The van der Waals surface area contributed by atoms with Gasteiger partial charge in [-0.2, -0.15) is 0 Å². The zero-order valence-corrected chi connectivity index (χ0v) is 21.4. The third kappa shape index (κ3) is 2.50. The Morgan fingerprint density at radius 2 is 0.800 bits per heavy atom. The quantitative estimate of drug-likeness (QED) is 0.274. The van der Waals surface area contributed by atoms with Gasteiger partial charge in [-0.25, -0.2) is 9.80 Å². The van der Waals surface area contributed by atoms with Gasteiger partial charge in [0.2, 0.25) is 23.6 Å². The molecule has 0 radical (unpaired) electrons. The van der Waals surface area contributed by atoms with Crippen LogP contribution in [0.25, 0.3) is 21.5 Å². The molecular weight excluding hydrogens is 500 g/mol. The van der Waals surface area contributed by atoms with Gasteiger partial charge in [0.25, 0.3) is 0 Å². The van der Waals surface area contributed by atoms with E-state index in [-0.39, 0.29) is 47.3 Å². The van der Waals surface area contributed by atoms with E-state index in [0.717, 1.165) is 21.5 Å². The Kier molecular flexibility index (Phi) is 4.19. The molecule has 0 spiro atoms. The zero-order valence-electron chi connectivity index (χ0n) is 21.4. The summed E-state index contributed by atoms with van der Waals surface area (Å²) in [5.41, 5.74) is 1.23.